The van der Waals surface area contributed by atoms with Crippen LogP contribution in [0.2, 0.25) is 0 Å². The number of hydrogen-bond donors (Lipinski definition) is 0. The highest BCUT2D eigenvalue weighted by Crippen LogP contribution is 2.30. The lowest BCUT2D eigenvalue weighted by atomic mass is 10.2. The Morgan fingerprint density at radius 1 is 1.00 bits per heavy atom. The molecule has 9 heteroatoms. The van der Waals surface area contributed by atoms with Crippen molar-refractivity contribution in [1.82, 2.24) is 13.9 Å². The highest BCUT2D eigenvalue weighted by atomic mass is 32.2. The van der Waals surface area contributed by atoms with E-state index in [-0.39, 0.29) is 16.3 Å². The van der Waals surface area contributed by atoms with Crippen LogP contribution in [0, 0.1) is 10.1 Å². The van der Waals surface area contributed by atoms with E-state index in [4.69, 9.17) is 0 Å². The topological polar surface area (TPSA) is 98.3 Å². The zero-order chi connectivity index (χ0) is 19.7. The van der Waals surface area contributed by atoms with Crippen LogP contribution in [-0.4, -0.2) is 40.3 Å². The Labute approximate surface area is 162 Å². The number of benzene rings is 2. The smallest absolute Gasteiger partial charge is 0.293 e. The van der Waals surface area contributed by atoms with Gasteiger partial charge in [0, 0.05) is 19.2 Å². The summed E-state index contributed by atoms with van der Waals surface area (Å²) in [7, 11) is -3.77. The number of rotatable bonds is 4. The Morgan fingerprint density at radius 3 is 2.43 bits per heavy atom. The maximum atomic E-state index is 13.0. The molecule has 0 spiro atoms. The van der Waals surface area contributed by atoms with Crippen molar-refractivity contribution in [3.05, 3.63) is 58.9 Å². The van der Waals surface area contributed by atoms with Crippen LogP contribution in [0.25, 0.3) is 16.7 Å². The first-order chi connectivity index (χ1) is 13.5. The van der Waals surface area contributed by atoms with E-state index >= 15 is 0 Å². The molecular formula is C19H20N4O4S. The Hall–Kier alpha value is -2.78. The first kappa shape index (κ1) is 18.6. The minimum Gasteiger partial charge on any atom is -0.293 e. The van der Waals surface area contributed by atoms with Crippen molar-refractivity contribution in [3.8, 4) is 5.69 Å². The van der Waals surface area contributed by atoms with Crippen LogP contribution in [0.1, 0.15) is 25.7 Å². The number of nitrogens with zero attached hydrogens (tertiary/aromatic N) is 4. The van der Waals surface area contributed by atoms with Gasteiger partial charge in [-0.25, -0.2) is 13.4 Å². The Balaban J connectivity index is 1.80. The van der Waals surface area contributed by atoms with Crippen molar-refractivity contribution >= 4 is 26.7 Å². The Morgan fingerprint density at radius 2 is 1.71 bits per heavy atom. The highest BCUT2D eigenvalue weighted by Gasteiger charge is 2.28. The number of imidazole rings is 1. The molecule has 1 aliphatic rings. The van der Waals surface area contributed by atoms with Crippen molar-refractivity contribution in [1.29, 1.82) is 0 Å². The minimum atomic E-state index is -3.77. The number of nitro groups is 1. The second kappa shape index (κ2) is 7.33. The van der Waals surface area contributed by atoms with Gasteiger partial charge in [0.2, 0.25) is 10.0 Å². The van der Waals surface area contributed by atoms with Crippen LogP contribution in [-0.2, 0) is 10.0 Å². The molecule has 1 saturated heterocycles. The highest BCUT2D eigenvalue weighted by molar-refractivity contribution is 7.89. The van der Waals surface area contributed by atoms with E-state index in [1.807, 2.05) is 24.3 Å². The normalized spacial score (nSPS) is 16.1. The Bertz CT molecular complexity index is 1130. The molecule has 3 aromatic rings. The summed E-state index contributed by atoms with van der Waals surface area (Å²) >= 11 is 0. The molecular weight excluding hydrogens is 380 g/mol. The van der Waals surface area contributed by atoms with Crippen molar-refractivity contribution in [2.24, 2.45) is 0 Å². The summed E-state index contributed by atoms with van der Waals surface area (Å²) in [6.45, 7) is 0.897. The van der Waals surface area contributed by atoms with E-state index in [0.29, 0.717) is 24.1 Å². The maximum Gasteiger partial charge on any atom is 0.294 e. The quantitative estimate of drug-likeness (QED) is 0.493. The lowest BCUT2D eigenvalue weighted by molar-refractivity contribution is -0.384. The molecule has 146 valence electrons. The second-order valence-electron chi connectivity index (χ2n) is 6.83. The molecule has 0 aliphatic carbocycles. The molecule has 0 amide bonds. The Kier molecular flexibility index (Phi) is 4.86. The second-order valence-corrected chi connectivity index (χ2v) is 8.77. The summed E-state index contributed by atoms with van der Waals surface area (Å²) in [4.78, 5) is 15.4. The molecule has 0 unspecified atom stereocenters. The first-order valence-corrected chi connectivity index (χ1v) is 10.6. The van der Waals surface area contributed by atoms with Crippen molar-refractivity contribution in [2.45, 2.75) is 30.6 Å². The third kappa shape index (κ3) is 3.27. The van der Waals surface area contributed by atoms with Crippen molar-refractivity contribution in [2.75, 3.05) is 13.1 Å². The summed E-state index contributed by atoms with van der Waals surface area (Å²) in [6.07, 6.45) is 5.12. The van der Waals surface area contributed by atoms with Crippen LogP contribution >= 0.6 is 0 Å². The summed E-state index contributed by atoms with van der Waals surface area (Å²) in [5.74, 6) is 0. The molecule has 2 aromatic carbocycles. The SMILES string of the molecule is O=[N+]([O-])c1cc(S(=O)(=O)N2CCCCCC2)ccc1-n1cnc2ccccc21. The standard InChI is InChI=1S/C19H20N4O4S/c24-23(25)19-13-15(28(26,27)21-11-5-1-2-6-12-21)9-10-18(19)22-14-20-16-7-3-4-8-17(16)22/h3-4,7-10,13-14H,1-2,5-6,11-12H2. The van der Waals surface area contributed by atoms with E-state index in [1.165, 1.54) is 22.8 Å². The third-order valence-corrected chi connectivity index (χ3v) is 6.95. The third-order valence-electron chi connectivity index (χ3n) is 5.06. The molecule has 1 fully saturated rings. The van der Waals surface area contributed by atoms with E-state index in [2.05, 4.69) is 4.98 Å². The van der Waals surface area contributed by atoms with Crippen LogP contribution in [0.4, 0.5) is 5.69 Å². The minimum absolute atomic E-state index is 0.0470. The van der Waals surface area contributed by atoms with Gasteiger partial charge in [-0.3, -0.25) is 14.7 Å². The van der Waals surface area contributed by atoms with E-state index in [1.54, 1.807) is 4.57 Å². The van der Waals surface area contributed by atoms with Gasteiger partial charge in [-0.1, -0.05) is 25.0 Å². The van der Waals surface area contributed by atoms with Crippen LogP contribution in [0.3, 0.4) is 0 Å². The van der Waals surface area contributed by atoms with Crippen molar-refractivity contribution < 1.29 is 13.3 Å². The summed E-state index contributed by atoms with van der Waals surface area (Å²) in [5, 5.41) is 11.7. The number of para-hydroxylation sites is 2. The van der Waals surface area contributed by atoms with Crippen LogP contribution in [0.5, 0.6) is 0 Å². The number of aromatic nitrogens is 2. The van der Waals surface area contributed by atoms with Gasteiger partial charge < -0.3 is 0 Å². The van der Waals surface area contributed by atoms with Gasteiger partial charge in [-0.05, 0) is 37.1 Å². The number of sulfonamides is 1. The van der Waals surface area contributed by atoms with Gasteiger partial charge >= 0.3 is 0 Å². The average Bonchev–Trinajstić information content (AvgIpc) is 2.92. The fourth-order valence-electron chi connectivity index (χ4n) is 3.60. The molecule has 8 nitrogen and oxygen atoms in total. The molecule has 2 heterocycles. The first-order valence-electron chi connectivity index (χ1n) is 9.19. The van der Waals surface area contributed by atoms with E-state index < -0.39 is 14.9 Å². The lowest BCUT2D eigenvalue weighted by Crippen LogP contribution is -2.32. The summed E-state index contributed by atoms with van der Waals surface area (Å²) in [6, 6.07) is 11.4. The largest absolute Gasteiger partial charge is 0.294 e. The maximum absolute atomic E-state index is 13.0. The van der Waals surface area contributed by atoms with Crippen LogP contribution in [0.15, 0.2) is 53.7 Å². The van der Waals surface area contributed by atoms with Gasteiger partial charge in [-0.15, -0.1) is 0 Å². The van der Waals surface area contributed by atoms with Crippen molar-refractivity contribution in [3.63, 3.8) is 0 Å². The van der Waals surface area contributed by atoms with Gasteiger partial charge in [0.1, 0.15) is 12.0 Å². The average molecular weight is 400 g/mol. The molecule has 1 aliphatic heterocycles. The summed E-state index contributed by atoms with van der Waals surface area (Å²) < 4.78 is 29.1. The number of fused-ring (bicyclic) bond motifs is 1. The zero-order valence-electron chi connectivity index (χ0n) is 15.2. The fourth-order valence-corrected chi connectivity index (χ4v) is 5.13. The molecule has 0 radical (unpaired) electrons. The zero-order valence-corrected chi connectivity index (χ0v) is 16.0. The van der Waals surface area contributed by atoms with E-state index in [0.717, 1.165) is 31.7 Å². The molecule has 28 heavy (non-hydrogen) atoms. The number of nitro benzene ring substituents is 1. The molecule has 1 aromatic heterocycles. The predicted molar refractivity (Wildman–Crippen MR) is 105 cm³/mol. The van der Waals surface area contributed by atoms with Crippen LogP contribution < -0.4 is 0 Å². The van der Waals surface area contributed by atoms with Gasteiger partial charge in [0.15, 0.2) is 0 Å². The summed E-state index contributed by atoms with van der Waals surface area (Å²) in [5.41, 5.74) is 1.44. The molecule has 0 atom stereocenters. The molecule has 0 saturated carbocycles. The molecule has 4 rings (SSSR count). The number of hydrogen-bond acceptors (Lipinski definition) is 5. The monoisotopic (exact) mass is 400 g/mol. The van der Waals surface area contributed by atoms with Gasteiger partial charge in [-0.2, -0.15) is 4.31 Å². The fraction of sp³-hybridized carbons (Fsp3) is 0.316. The van der Waals surface area contributed by atoms with E-state index in [9.17, 15) is 18.5 Å². The van der Waals surface area contributed by atoms with Gasteiger partial charge in [0.25, 0.3) is 5.69 Å². The lowest BCUT2D eigenvalue weighted by Gasteiger charge is -2.20. The predicted octanol–water partition coefficient (Wildman–Crippen LogP) is 3.50. The van der Waals surface area contributed by atoms with Gasteiger partial charge in [0.05, 0.1) is 20.9 Å². The molecule has 0 bridgehead atoms. The molecule has 0 N–H and O–H groups in total.